The van der Waals surface area contributed by atoms with E-state index < -0.39 is 0 Å². The van der Waals surface area contributed by atoms with Gasteiger partial charge in [-0.2, -0.15) is 0 Å². The maximum atomic E-state index is 4.45. The largest absolute Gasteiger partial charge is 0.362 e. The van der Waals surface area contributed by atoms with Gasteiger partial charge in [0.25, 0.3) is 0 Å². The van der Waals surface area contributed by atoms with Crippen LogP contribution in [0, 0.1) is 0 Å². The minimum atomic E-state index is 0.634. The summed E-state index contributed by atoms with van der Waals surface area (Å²) in [7, 11) is 0. The van der Waals surface area contributed by atoms with Gasteiger partial charge in [-0.05, 0) is 0 Å². The Morgan fingerprint density at radius 1 is 1.89 bits per heavy atom. The van der Waals surface area contributed by atoms with E-state index in [0.717, 1.165) is 0 Å². The van der Waals surface area contributed by atoms with Gasteiger partial charge in [0, 0.05) is 11.8 Å². The molecule has 4 heteroatoms. The van der Waals surface area contributed by atoms with Crippen LogP contribution in [0.15, 0.2) is 23.4 Å². The molecule has 1 N–H and O–H groups in total. The molecule has 0 aliphatic carbocycles. The number of hydrogen-bond acceptors (Lipinski definition) is 4. The first-order chi connectivity index (χ1) is 4.43. The van der Waals surface area contributed by atoms with Gasteiger partial charge in [-0.15, -0.1) is 6.58 Å². The lowest BCUT2D eigenvalue weighted by atomic mass is 10.6. The predicted molar refractivity (Wildman–Crippen MR) is 33.0 cm³/mol. The van der Waals surface area contributed by atoms with Gasteiger partial charge in [0.2, 0.25) is 0 Å². The third kappa shape index (κ3) is 1.56. The quantitative estimate of drug-likeness (QED) is 0.603. The van der Waals surface area contributed by atoms with Crippen molar-refractivity contribution in [1.29, 1.82) is 0 Å². The highest BCUT2D eigenvalue weighted by Crippen LogP contribution is 1.95. The number of aromatic nitrogens is 2. The topological polar surface area (TPSA) is 51.0 Å². The molecule has 0 atom stereocenters. The van der Waals surface area contributed by atoms with E-state index in [1.807, 2.05) is 0 Å². The molecule has 0 saturated heterocycles. The van der Waals surface area contributed by atoms with Crippen molar-refractivity contribution in [2.75, 3.05) is 11.9 Å². The van der Waals surface area contributed by atoms with E-state index in [4.69, 9.17) is 0 Å². The molecule has 1 aromatic heterocycles. The molecule has 1 heterocycles. The van der Waals surface area contributed by atoms with Crippen LogP contribution in [-0.4, -0.2) is 16.9 Å². The summed E-state index contributed by atoms with van der Waals surface area (Å²) in [6.07, 6.45) is 3.16. The summed E-state index contributed by atoms with van der Waals surface area (Å²) >= 11 is 0. The van der Waals surface area contributed by atoms with Gasteiger partial charge in [0.15, 0.2) is 12.1 Å². The van der Waals surface area contributed by atoms with Crippen molar-refractivity contribution in [2.45, 2.75) is 0 Å². The lowest BCUT2D eigenvalue weighted by molar-refractivity contribution is 0.393. The van der Waals surface area contributed by atoms with E-state index in [2.05, 4.69) is 26.8 Å². The fraction of sp³-hybridized carbons (Fsp3) is 0.200. The van der Waals surface area contributed by atoms with Crippen LogP contribution in [-0.2, 0) is 0 Å². The zero-order valence-electron chi connectivity index (χ0n) is 4.87. The molecule has 0 spiro atoms. The Balaban J connectivity index is 2.38. The summed E-state index contributed by atoms with van der Waals surface area (Å²) in [5.74, 6) is 0.634. The molecule has 0 aliphatic heterocycles. The van der Waals surface area contributed by atoms with Crippen LogP contribution in [0.3, 0.4) is 0 Å². The molecule has 0 aliphatic rings. The van der Waals surface area contributed by atoms with Crippen LogP contribution >= 0.6 is 0 Å². The Labute approximate surface area is 52.5 Å². The van der Waals surface area contributed by atoms with Crippen molar-refractivity contribution < 1.29 is 4.52 Å². The molecule has 0 aromatic carbocycles. The SMILES string of the molecule is C=CCNc1conn1. The Hall–Kier alpha value is -1.32. The van der Waals surface area contributed by atoms with Crippen LogP contribution in [0.1, 0.15) is 0 Å². The average molecular weight is 125 g/mol. The molecule has 0 fully saturated rings. The maximum absolute atomic E-state index is 4.45. The first kappa shape index (κ1) is 5.81. The molecule has 0 unspecified atom stereocenters. The van der Waals surface area contributed by atoms with Gasteiger partial charge in [0.1, 0.15) is 0 Å². The summed E-state index contributed by atoms with van der Waals surface area (Å²) in [4.78, 5) is 0. The number of anilines is 1. The molecule has 9 heavy (non-hydrogen) atoms. The first-order valence-electron chi connectivity index (χ1n) is 2.55. The Kier molecular flexibility index (Phi) is 1.85. The minimum Gasteiger partial charge on any atom is -0.362 e. The molecule has 48 valence electrons. The van der Waals surface area contributed by atoms with Crippen molar-refractivity contribution in [3.63, 3.8) is 0 Å². The monoisotopic (exact) mass is 125 g/mol. The van der Waals surface area contributed by atoms with Gasteiger partial charge < -0.3 is 9.84 Å². The van der Waals surface area contributed by atoms with E-state index in [9.17, 15) is 0 Å². The molecule has 0 saturated carbocycles. The number of nitrogens with one attached hydrogen (secondary N) is 1. The average Bonchev–Trinajstić information content (AvgIpc) is 2.34. The third-order valence-electron chi connectivity index (χ3n) is 0.788. The number of hydrogen-bond donors (Lipinski definition) is 1. The van der Waals surface area contributed by atoms with E-state index >= 15 is 0 Å². The van der Waals surface area contributed by atoms with E-state index in [-0.39, 0.29) is 0 Å². The highest BCUT2D eigenvalue weighted by molar-refractivity contribution is 5.27. The van der Waals surface area contributed by atoms with Crippen molar-refractivity contribution in [3.05, 3.63) is 18.9 Å². The maximum Gasteiger partial charge on any atom is 0.190 e. The Bertz CT molecular complexity index is 170. The van der Waals surface area contributed by atoms with Crippen LogP contribution in [0.4, 0.5) is 5.82 Å². The van der Waals surface area contributed by atoms with Crippen LogP contribution in [0.5, 0.6) is 0 Å². The van der Waals surface area contributed by atoms with E-state index in [1.54, 1.807) is 6.08 Å². The van der Waals surface area contributed by atoms with Crippen LogP contribution in [0.25, 0.3) is 0 Å². The lowest BCUT2D eigenvalue weighted by Gasteiger charge is -1.90. The van der Waals surface area contributed by atoms with Crippen LogP contribution < -0.4 is 5.32 Å². The number of rotatable bonds is 3. The zero-order chi connectivity index (χ0) is 6.53. The van der Waals surface area contributed by atoms with Crippen molar-refractivity contribution >= 4 is 5.82 Å². The smallest absolute Gasteiger partial charge is 0.190 e. The molecule has 1 aromatic rings. The highest BCUT2D eigenvalue weighted by Gasteiger charge is 1.90. The standard InChI is InChI=1S/C5H7N3O/c1-2-3-6-5-4-9-8-7-5/h2,4,6H,1,3H2. The van der Waals surface area contributed by atoms with Crippen LogP contribution in [0.2, 0.25) is 0 Å². The van der Waals surface area contributed by atoms with Gasteiger partial charge in [-0.25, -0.2) is 0 Å². The Morgan fingerprint density at radius 2 is 2.78 bits per heavy atom. The molecular weight excluding hydrogens is 118 g/mol. The first-order valence-corrected chi connectivity index (χ1v) is 2.55. The lowest BCUT2D eigenvalue weighted by Crippen LogP contribution is -1.97. The second kappa shape index (κ2) is 2.86. The zero-order valence-corrected chi connectivity index (χ0v) is 4.87. The van der Waals surface area contributed by atoms with E-state index in [1.165, 1.54) is 6.26 Å². The highest BCUT2D eigenvalue weighted by atomic mass is 16.5. The van der Waals surface area contributed by atoms with Crippen molar-refractivity contribution in [2.24, 2.45) is 0 Å². The summed E-state index contributed by atoms with van der Waals surface area (Å²) in [5.41, 5.74) is 0. The summed E-state index contributed by atoms with van der Waals surface area (Å²) in [6, 6.07) is 0. The molecule has 4 nitrogen and oxygen atoms in total. The molecule has 0 radical (unpaired) electrons. The normalized spacial score (nSPS) is 8.89. The molecule has 0 amide bonds. The second-order valence-electron chi connectivity index (χ2n) is 1.46. The Morgan fingerprint density at radius 3 is 3.33 bits per heavy atom. The molecule has 1 rings (SSSR count). The second-order valence-corrected chi connectivity index (χ2v) is 1.46. The summed E-state index contributed by atoms with van der Waals surface area (Å²) < 4.78 is 4.45. The van der Waals surface area contributed by atoms with Crippen molar-refractivity contribution in [3.8, 4) is 0 Å². The van der Waals surface area contributed by atoms with Gasteiger partial charge in [0.05, 0.1) is 0 Å². The van der Waals surface area contributed by atoms with Gasteiger partial charge in [-0.3, -0.25) is 0 Å². The summed E-state index contributed by atoms with van der Waals surface area (Å²) in [5, 5.41) is 9.72. The minimum absolute atomic E-state index is 0.634. The predicted octanol–water partition coefficient (Wildman–Crippen LogP) is 0.667. The van der Waals surface area contributed by atoms with Gasteiger partial charge >= 0.3 is 0 Å². The number of nitrogens with zero attached hydrogens (tertiary/aromatic N) is 2. The third-order valence-corrected chi connectivity index (χ3v) is 0.788. The molecular formula is C5H7N3O. The van der Waals surface area contributed by atoms with E-state index in [0.29, 0.717) is 12.4 Å². The fourth-order valence-electron chi connectivity index (χ4n) is 0.418. The summed E-state index contributed by atoms with van der Waals surface area (Å²) in [6.45, 7) is 4.19. The fourth-order valence-corrected chi connectivity index (χ4v) is 0.418. The van der Waals surface area contributed by atoms with Gasteiger partial charge in [-0.1, -0.05) is 11.2 Å². The van der Waals surface area contributed by atoms with Crippen molar-refractivity contribution in [1.82, 2.24) is 10.4 Å². The molecule has 0 bridgehead atoms.